The molecular weight excluding hydrogens is 443 g/mol. The molecule has 3 rings (SSSR count). The highest BCUT2D eigenvalue weighted by Crippen LogP contribution is 2.24. The molecule has 5 nitrogen and oxygen atoms in total. The topological polar surface area (TPSA) is 66.5 Å². The van der Waals surface area contributed by atoms with Gasteiger partial charge in [-0.3, -0.25) is 14.9 Å². The van der Waals surface area contributed by atoms with Crippen LogP contribution in [-0.2, 0) is 9.59 Å². The molecule has 2 aromatic rings. The van der Waals surface area contributed by atoms with Crippen LogP contribution >= 0.6 is 34.2 Å². The monoisotopic (exact) mass is 452 g/mol. The first kappa shape index (κ1) is 16.7. The summed E-state index contributed by atoms with van der Waals surface area (Å²) in [5.41, 5.74) is 0.957. The van der Waals surface area contributed by atoms with Crippen LogP contribution in [0.2, 0.25) is 5.02 Å². The van der Waals surface area contributed by atoms with E-state index in [1.807, 2.05) is 18.2 Å². The number of barbiturate groups is 1. The average Bonchev–Trinajstić information content (AvgIpc) is 2.54. The second-order valence-corrected chi connectivity index (χ2v) is 6.55. The van der Waals surface area contributed by atoms with E-state index in [-0.39, 0.29) is 5.57 Å². The normalized spacial score (nSPS) is 16.5. The number of benzene rings is 2. The first-order valence-corrected chi connectivity index (χ1v) is 8.34. The van der Waals surface area contributed by atoms with Crippen LogP contribution in [0, 0.1) is 3.57 Å². The molecule has 0 radical (unpaired) electrons. The van der Waals surface area contributed by atoms with Crippen LogP contribution in [0.15, 0.2) is 54.1 Å². The summed E-state index contributed by atoms with van der Waals surface area (Å²) in [4.78, 5) is 37.8. The fourth-order valence-corrected chi connectivity index (χ4v) is 2.90. The van der Waals surface area contributed by atoms with Gasteiger partial charge in [-0.05, 0) is 64.6 Å². The van der Waals surface area contributed by atoms with Gasteiger partial charge in [0.15, 0.2) is 0 Å². The third-order valence-electron chi connectivity index (χ3n) is 3.39. The minimum Gasteiger partial charge on any atom is -0.273 e. The second kappa shape index (κ2) is 6.74. The number of rotatable bonds is 2. The molecule has 2 aromatic carbocycles. The molecule has 1 fully saturated rings. The lowest BCUT2D eigenvalue weighted by Crippen LogP contribution is -2.54. The molecule has 120 valence electrons. The molecule has 0 aliphatic carbocycles. The number of hydrogen-bond acceptors (Lipinski definition) is 3. The Hall–Kier alpha value is -2.19. The first-order valence-electron chi connectivity index (χ1n) is 6.89. The van der Waals surface area contributed by atoms with Gasteiger partial charge in [0.1, 0.15) is 5.57 Å². The fourth-order valence-electron chi connectivity index (χ4n) is 2.23. The van der Waals surface area contributed by atoms with Gasteiger partial charge in [-0.2, -0.15) is 0 Å². The highest BCUT2D eigenvalue weighted by Gasteiger charge is 2.36. The van der Waals surface area contributed by atoms with Gasteiger partial charge in [-0.1, -0.05) is 29.8 Å². The van der Waals surface area contributed by atoms with Crippen LogP contribution in [0.25, 0.3) is 6.08 Å². The molecular formula is C17H10ClIN2O3. The predicted molar refractivity (Wildman–Crippen MR) is 99.6 cm³/mol. The molecule has 0 spiro atoms. The van der Waals surface area contributed by atoms with Crippen LogP contribution in [0.4, 0.5) is 10.5 Å². The Balaban J connectivity index is 2.03. The zero-order valence-electron chi connectivity index (χ0n) is 12.1. The van der Waals surface area contributed by atoms with Gasteiger partial charge in [-0.15, -0.1) is 0 Å². The number of hydrogen-bond donors (Lipinski definition) is 1. The summed E-state index contributed by atoms with van der Waals surface area (Å²) in [6, 6.07) is 12.7. The van der Waals surface area contributed by atoms with Crippen molar-refractivity contribution < 1.29 is 14.4 Å². The summed E-state index contributed by atoms with van der Waals surface area (Å²) in [6.45, 7) is 0. The number of halogens is 2. The number of carbonyl (C=O) groups is 3. The lowest BCUT2D eigenvalue weighted by molar-refractivity contribution is -0.122. The number of amides is 4. The Morgan fingerprint density at radius 2 is 1.67 bits per heavy atom. The van der Waals surface area contributed by atoms with Gasteiger partial charge in [-0.25, -0.2) is 9.69 Å². The highest BCUT2D eigenvalue weighted by molar-refractivity contribution is 14.1. The van der Waals surface area contributed by atoms with Gasteiger partial charge in [0, 0.05) is 8.59 Å². The van der Waals surface area contributed by atoms with Crippen molar-refractivity contribution in [3.8, 4) is 0 Å². The van der Waals surface area contributed by atoms with Crippen molar-refractivity contribution in [2.75, 3.05) is 4.90 Å². The Labute approximate surface area is 156 Å². The van der Waals surface area contributed by atoms with Gasteiger partial charge in [0.2, 0.25) is 0 Å². The van der Waals surface area contributed by atoms with Crippen molar-refractivity contribution in [3.05, 3.63) is 68.3 Å². The van der Waals surface area contributed by atoms with E-state index in [0.717, 1.165) is 14.0 Å². The lowest BCUT2D eigenvalue weighted by atomic mass is 10.1. The molecule has 4 amide bonds. The number of anilines is 1. The Morgan fingerprint density at radius 1 is 1.00 bits per heavy atom. The summed E-state index contributed by atoms with van der Waals surface area (Å²) in [6.07, 6.45) is 1.48. The number of urea groups is 1. The van der Waals surface area contributed by atoms with Crippen LogP contribution in [0.3, 0.4) is 0 Å². The third-order valence-corrected chi connectivity index (χ3v) is 4.63. The molecule has 7 heteroatoms. The molecule has 0 bridgehead atoms. The second-order valence-electron chi connectivity index (χ2n) is 4.96. The van der Waals surface area contributed by atoms with Gasteiger partial charge in [0.25, 0.3) is 11.8 Å². The maximum Gasteiger partial charge on any atom is 0.335 e. The smallest absolute Gasteiger partial charge is 0.273 e. The maximum atomic E-state index is 12.7. The summed E-state index contributed by atoms with van der Waals surface area (Å²) in [7, 11) is 0. The van der Waals surface area contributed by atoms with Crippen molar-refractivity contribution in [1.29, 1.82) is 0 Å². The van der Waals surface area contributed by atoms with Crippen LogP contribution < -0.4 is 10.2 Å². The quantitative estimate of drug-likeness (QED) is 0.430. The van der Waals surface area contributed by atoms with Crippen molar-refractivity contribution in [1.82, 2.24) is 5.32 Å². The minimum atomic E-state index is -0.785. The first-order chi connectivity index (χ1) is 11.5. The molecule has 1 heterocycles. The SMILES string of the molecule is O=C1NC(=O)N(c2ccc(Cl)cc2)C(=O)/C1=C/c1ccccc1I. The van der Waals surface area contributed by atoms with Crippen LogP contribution in [-0.4, -0.2) is 17.8 Å². The van der Waals surface area contributed by atoms with E-state index in [2.05, 4.69) is 27.9 Å². The summed E-state index contributed by atoms with van der Waals surface area (Å²) in [5.74, 6) is -1.39. The molecule has 1 aliphatic heterocycles. The average molecular weight is 453 g/mol. The zero-order chi connectivity index (χ0) is 17.3. The number of carbonyl (C=O) groups excluding carboxylic acids is 3. The molecule has 1 N–H and O–H groups in total. The van der Waals surface area contributed by atoms with E-state index in [1.54, 1.807) is 30.3 Å². The molecule has 24 heavy (non-hydrogen) atoms. The Bertz CT molecular complexity index is 878. The summed E-state index contributed by atoms with van der Waals surface area (Å²) in [5, 5.41) is 2.67. The van der Waals surface area contributed by atoms with E-state index >= 15 is 0 Å². The fraction of sp³-hybridized carbons (Fsp3) is 0. The van der Waals surface area contributed by atoms with Gasteiger partial charge in [0.05, 0.1) is 5.69 Å². The van der Waals surface area contributed by atoms with E-state index in [1.165, 1.54) is 6.08 Å². The third kappa shape index (κ3) is 3.20. The standard InChI is InChI=1S/C17H10ClIN2O3/c18-11-5-7-12(8-6-11)21-16(23)13(15(22)20-17(21)24)9-10-3-1-2-4-14(10)19/h1-9H,(H,20,22,24)/b13-9+. The summed E-state index contributed by atoms with van der Waals surface area (Å²) >= 11 is 7.94. The van der Waals surface area contributed by atoms with Crippen molar-refractivity contribution in [2.24, 2.45) is 0 Å². The van der Waals surface area contributed by atoms with E-state index < -0.39 is 17.8 Å². The highest BCUT2D eigenvalue weighted by atomic mass is 127. The van der Waals surface area contributed by atoms with Crippen LogP contribution in [0.1, 0.15) is 5.56 Å². The van der Waals surface area contributed by atoms with Crippen molar-refractivity contribution in [3.63, 3.8) is 0 Å². The maximum absolute atomic E-state index is 12.7. The molecule has 0 atom stereocenters. The molecule has 1 saturated heterocycles. The van der Waals surface area contributed by atoms with Crippen molar-refractivity contribution in [2.45, 2.75) is 0 Å². The van der Waals surface area contributed by atoms with Gasteiger partial charge < -0.3 is 0 Å². The molecule has 0 unspecified atom stereocenters. The molecule has 1 aliphatic rings. The predicted octanol–water partition coefficient (Wildman–Crippen LogP) is 3.61. The van der Waals surface area contributed by atoms with Crippen LogP contribution in [0.5, 0.6) is 0 Å². The number of nitrogens with one attached hydrogen (secondary N) is 1. The van der Waals surface area contributed by atoms with Gasteiger partial charge >= 0.3 is 6.03 Å². The van der Waals surface area contributed by atoms with E-state index in [0.29, 0.717) is 10.7 Å². The molecule has 0 saturated carbocycles. The largest absolute Gasteiger partial charge is 0.335 e. The Kier molecular flexibility index (Phi) is 4.68. The van der Waals surface area contributed by atoms with E-state index in [9.17, 15) is 14.4 Å². The zero-order valence-corrected chi connectivity index (χ0v) is 15.0. The number of imide groups is 2. The minimum absolute atomic E-state index is 0.103. The van der Waals surface area contributed by atoms with Crippen molar-refractivity contribution >= 4 is 63.8 Å². The van der Waals surface area contributed by atoms with E-state index in [4.69, 9.17) is 11.6 Å². The Morgan fingerprint density at radius 3 is 2.33 bits per heavy atom. The number of nitrogens with zero attached hydrogens (tertiary/aromatic N) is 1. The summed E-state index contributed by atoms with van der Waals surface area (Å²) < 4.78 is 0.887. The lowest BCUT2D eigenvalue weighted by Gasteiger charge is -2.26. The molecule has 0 aromatic heterocycles.